The van der Waals surface area contributed by atoms with Crippen LogP contribution in [0.15, 0.2) is 0 Å². The Kier molecular flexibility index (Phi) is 5.29. The second-order valence-electron chi connectivity index (χ2n) is 3.46. The molecule has 82 valence electrons. The Morgan fingerprint density at radius 3 is 2.79 bits per heavy atom. The summed E-state index contributed by atoms with van der Waals surface area (Å²) in [5.74, 6) is -0.235. The van der Waals surface area contributed by atoms with Gasteiger partial charge in [0, 0.05) is 0 Å². The molecule has 1 unspecified atom stereocenters. The molecule has 1 fully saturated rings. The maximum absolute atomic E-state index is 11.1. The summed E-state index contributed by atoms with van der Waals surface area (Å²) in [5, 5.41) is -0.324. The van der Waals surface area contributed by atoms with Gasteiger partial charge in [0.2, 0.25) is 0 Å². The molecule has 0 radical (unpaired) electrons. The Bertz CT molecular complexity index is 181. The average molecular weight is 220 g/mol. The van der Waals surface area contributed by atoms with Gasteiger partial charge in [-0.05, 0) is 6.92 Å². The quantitative estimate of drug-likeness (QED) is 0.460. The summed E-state index contributed by atoms with van der Waals surface area (Å²) in [6, 6.07) is 0. The molecule has 5 heteroatoms. The van der Waals surface area contributed by atoms with Crippen molar-refractivity contribution < 1.29 is 19.2 Å². The van der Waals surface area contributed by atoms with E-state index in [1.807, 2.05) is 0 Å². The van der Waals surface area contributed by atoms with E-state index in [2.05, 4.69) is 12.6 Å². The van der Waals surface area contributed by atoms with Crippen LogP contribution in [0.1, 0.15) is 6.92 Å². The summed E-state index contributed by atoms with van der Waals surface area (Å²) in [7, 11) is 0. The molecule has 0 spiro atoms. The fourth-order valence-corrected chi connectivity index (χ4v) is 1.40. The van der Waals surface area contributed by atoms with Gasteiger partial charge in [0.15, 0.2) is 0 Å². The van der Waals surface area contributed by atoms with Gasteiger partial charge < -0.3 is 14.4 Å². The van der Waals surface area contributed by atoms with Crippen molar-refractivity contribution in [2.75, 3.05) is 39.5 Å². The lowest BCUT2D eigenvalue weighted by Crippen LogP contribution is -3.14. The van der Waals surface area contributed by atoms with Gasteiger partial charge in [-0.3, -0.25) is 4.79 Å². The first-order chi connectivity index (χ1) is 6.70. The van der Waals surface area contributed by atoms with E-state index in [1.54, 1.807) is 6.92 Å². The molecule has 1 aliphatic heterocycles. The van der Waals surface area contributed by atoms with Crippen molar-refractivity contribution in [1.82, 2.24) is 0 Å². The number of quaternary nitrogens is 1. The van der Waals surface area contributed by atoms with Crippen molar-refractivity contribution in [3.63, 3.8) is 0 Å². The number of nitrogens with one attached hydrogen (secondary N) is 1. The number of hydrogen-bond acceptors (Lipinski definition) is 4. The number of hydrogen-bond donors (Lipinski definition) is 2. The van der Waals surface area contributed by atoms with Crippen molar-refractivity contribution >= 4 is 18.6 Å². The molecular formula is C9H18NO3S+. The molecule has 1 rings (SSSR count). The third-order valence-electron chi connectivity index (χ3n) is 2.24. The molecule has 0 aromatic heterocycles. The molecule has 1 N–H and O–H groups in total. The number of morpholine rings is 1. The topological polar surface area (TPSA) is 40.0 Å². The minimum absolute atomic E-state index is 0.235. The SMILES string of the molecule is CC(S)C(=O)OCC[NH+]1CCOCC1. The van der Waals surface area contributed by atoms with E-state index < -0.39 is 0 Å². The molecule has 1 saturated heterocycles. The number of rotatable bonds is 4. The summed E-state index contributed by atoms with van der Waals surface area (Å²) in [6.45, 7) is 6.71. The fraction of sp³-hybridized carbons (Fsp3) is 0.889. The van der Waals surface area contributed by atoms with Crippen LogP contribution in [0.5, 0.6) is 0 Å². The van der Waals surface area contributed by atoms with Gasteiger partial charge in [0.1, 0.15) is 26.2 Å². The lowest BCUT2D eigenvalue weighted by molar-refractivity contribution is -0.908. The third kappa shape index (κ3) is 4.30. The first kappa shape index (κ1) is 11.8. The molecule has 0 saturated carbocycles. The van der Waals surface area contributed by atoms with Crippen LogP contribution in [0.2, 0.25) is 0 Å². The van der Waals surface area contributed by atoms with Crippen LogP contribution in [0.4, 0.5) is 0 Å². The molecule has 0 amide bonds. The fourth-order valence-electron chi connectivity index (χ4n) is 1.33. The Morgan fingerprint density at radius 1 is 1.57 bits per heavy atom. The first-order valence-corrected chi connectivity index (χ1v) is 5.48. The number of carbonyl (C=O) groups excluding carboxylic acids is 1. The molecule has 4 nitrogen and oxygen atoms in total. The monoisotopic (exact) mass is 220 g/mol. The van der Waals surface area contributed by atoms with E-state index in [1.165, 1.54) is 4.90 Å². The zero-order chi connectivity index (χ0) is 10.4. The number of ether oxygens (including phenoxy) is 2. The van der Waals surface area contributed by atoms with Crippen LogP contribution >= 0.6 is 12.6 Å². The predicted molar refractivity (Wildman–Crippen MR) is 55.8 cm³/mol. The molecule has 0 aliphatic carbocycles. The largest absolute Gasteiger partial charge is 0.459 e. The second kappa shape index (κ2) is 6.27. The van der Waals surface area contributed by atoms with E-state index in [9.17, 15) is 4.79 Å². The van der Waals surface area contributed by atoms with E-state index >= 15 is 0 Å². The molecule has 14 heavy (non-hydrogen) atoms. The number of esters is 1. The molecule has 1 atom stereocenters. The maximum atomic E-state index is 11.1. The summed E-state index contributed by atoms with van der Waals surface area (Å²) in [6.07, 6.45) is 0. The Labute approximate surface area is 90.0 Å². The van der Waals surface area contributed by atoms with Crippen molar-refractivity contribution in [2.24, 2.45) is 0 Å². The lowest BCUT2D eigenvalue weighted by Gasteiger charge is -2.23. The highest BCUT2D eigenvalue weighted by Gasteiger charge is 2.15. The number of carbonyl (C=O) groups is 1. The molecule has 0 aromatic rings. The summed E-state index contributed by atoms with van der Waals surface area (Å²) >= 11 is 3.99. The van der Waals surface area contributed by atoms with E-state index in [0.29, 0.717) is 6.61 Å². The van der Waals surface area contributed by atoms with Gasteiger partial charge in [-0.15, -0.1) is 0 Å². The van der Waals surface area contributed by atoms with Gasteiger partial charge in [-0.25, -0.2) is 0 Å². The van der Waals surface area contributed by atoms with Gasteiger partial charge in [0.25, 0.3) is 0 Å². The smallest absolute Gasteiger partial charge is 0.318 e. The minimum Gasteiger partial charge on any atom is -0.459 e. The zero-order valence-corrected chi connectivity index (χ0v) is 9.39. The van der Waals surface area contributed by atoms with Gasteiger partial charge in [-0.2, -0.15) is 12.6 Å². The van der Waals surface area contributed by atoms with Crippen LogP contribution in [0.3, 0.4) is 0 Å². The van der Waals surface area contributed by atoms with Crippen LogP contribution in [0.25, 0.3) is 0 Å². The summed E-state index contributed by atoms with van der Waals surface area (Å²) in [4.78, 5) is 12.5. The van der Waals surface area contributed by atoms with Crippen LogP contribution in [-0.4, -0.2) is 50.7 Å². The average Bonchev–Trinajstić information content (AvgIpc) is 2.19. The molecule has 1 aliphatic rings. The van der Waals surface area contributed by atoms with E-state index in [0.717, 1.165) is 32.8 Å². The highest BCUT2D eigenvalue weighted by Crippen LogP contribution is 1.94. The second-order valence-corrected chi connectivity index (χ2v) is 4.23. The first-order valence-electron chi connectivity index (χ1n) is 4.96. The number of thiol groups is 1. The molecular weight excluding hydrogens is 202 g/mol. The van der Waals surface area contributed by atoms with Crippen LogP contribution in [0, 0.1) is 0 Å². The standard InChI is InChI=1S/C9H17NO3S/c1-8(14)9(11)13-7-4-10-2-5-12-6-3-10/h8,14H,2-7H2,1H3/p+1. The van der Waals surface area contributed by atoms with Crippen molar-refractivity contribution in [1.29, 1.82) is 0 Å². The Balaban J connectivity index is 2.05. The Morgan fingerprint density at radius 2 is 2.21 bits per heavy atom. The van der Waals surface area contributed by atoms with E-state index in [4.69, 9.17) is 9.47 Å². The van der Waals surface area contributed by atoms with Gasteiger partial charge in [-0.1, -0.05) is 0 Å². The summed E-state index contributed by atoms with van der Waals surface area (Å²) in [5.41, 5.74) is 0. The zero-order valence-electron chi connectivity index (χ0n) is 8.49. The van der Waals surface area contributed by atoms with Crippen LogP contribution in [-0.2, 0) is 14.3 Å². The van der Waals surface area contributed by atoms with Crippen molar-refractivity contribution in [3.05, 3.63) is 0 Å². The Hall–Kier alpha value is -0.260. The van der Waals surface area contributed by atoms with Gasteiger partial charge in [0.05, 0.1) is 18.5 Å². The highest BCUT2D eigenvalue weighted by molar-refractivity contribution is 7.81. The van der Waals surface area contributed by atoms with Gasteiger partial charge >= 0.3 is 5.97 Å². The lowest BCUT2D eigenvalue weighted by atomic mass is 10.4. The maximum Gasteiger partial charge on any atom is 0.318 e. The highest BCUT2D eigenvalue weighted by atomic mass is 32.1. The molecule has 0 aromatic carbocycles. The molecule has 1 heterocycles. The third-order valence-corrected chi connectivity index (χ3v) is 2.45. The molecule has 0 bridgehead atoms. The normalized spacial score (nSPS) is 20.4. The summed E-state index contributed by atoms with van der Waals surface area (Å²) < 4.78 is 10.3. The van der Waals surface area contributed by atoms with E-state index in [-0.39, 0.29) is 11.2 Å². The van der Waals surface area contributed by atoms with Crippen LogP contribution < -0.4 is 4.90 Å². The predicted octanol–water partition coefficient (Wildman–Crippen LogP) is -1.24. The minimum atomic E-state index is -0.324. The van der Waals surface area contributed by atoms with Crippen molar-refractivity contribution in [2.45, 2.75) is 12.2 Å². The van der Waals surface area contributed by atoms with Crippen molar-refractivity contribution in [3.8, 4) is 0 Å².